The average molecular weight is 424 g/mol. The molecule has 7 heteroatoms. The lowest BCUT2D eigenvalue weighted by Crippen LogP contribution is -2.35. The molecule has 2 amide bonds. The van der Waals surface area contributed by atoms with E-state index in [1.807, 2.05) is 45.2 Å². The van der Waals surface area contributed by atoms with Crippen LogP contribution in [0.4, 0.5) is 0 Å². The standard InChI is InChI=1S/C24H29N3O4/c1-24(2,3)23(30)26-10-9-16-14-27(20-8-6-17(31-4)12-19(16)20)13-15-5-7-18(22(25)29)21(28)11-15/h5-8,11-12,14,28H,9-10,13H2,1-4H3,(H2,25,29)(H,26,30). The van der Waals surface area contributed by atoms with Gasteiger partial charge in [0.05, 0.1) is 12.7 Å². The van der Waals surface area contributed by atoms with Crippen molar-refractivity contribution in [3.63, 3.8) is 0 Å². The number of hydrogen-bond donors (Lipinski definition) is 3. The summed E-state index contributed by atoms with van der Waals surface area (Å²) in [6.07, 6.45) is 2.72. The first-order valence-electron chi connectivity index (χ1n) is 10.2. The van der Waals surface area contributed by atoms with Gasteiger partial charge in [0.25, 0.3) is 5.91 Å². The van der Waals surface area contributed by atoms with Crippen molar-refractivity contribution in [2.75, 3.05) is 13.7 Å². The molecule has 0 saturated heterocycles. The fourth-order valence-corrected chi connectivity index (χ4v) is 3.46. The molecule has 0 atom stereocenters. The first-order valence-corrected chi connectivity index (χ1v) is 10.2. The SMILES string of the molecule is COc1ccc2c(c1)c(CCNC(=O)C(C)(C)C)cn2Cc1ccc(C(N)=O)c(O)c1. The van der Waals surface area contributed by atoms with E-state index < -0.39 is 11.3 Å². The van der Waals surface area contributed by atoms with Crippen LogP contribution in [-0.2, 0) is 17.8 Å². The summed E-state index contributed by atoms with van der Waals surface area (Å²) in [6, 6.07) is 10.7. The summed E-state index contributed by atoms with van der Waals surface area (Å²) in [5.41, 5.74) is 7.87. The number of carbonyl (C=O) groups is 2. The summed E-state index contributed by atoms with van der Waals surface area (Å²) in [4.78, 5) is 23.5. The number of carbonyl (C=O) groups excluding carboxylic acids is 2. The maximum Gasteiger partial charge on any atom is 0.252 e. The molecule has 0 fully saturated rings. The molecular formula is C24H29N3O4. The largest absolute Gasteiger partial charge is 0.507 e. The van der Waals surface area contributed by atoms with Crippen LogP contribution >= 0.6 is 0 Å². The van der Waals surface area contributed by atoms with E-state index in [4.69, 9.17) is 10.5 Å². The second-order valence-electron chi connectivity index (χ2n) is 8.64. The maximum absolute atomic E-state index is 12.2. The number of nitrogens with one attached hydrogen (secondary N) is 1. The Balaban J connectivity index is 1.89. The Morgan fingerprint density at radius 1 is 1.16 bits per heavy atom. The van der Waals surface area contributed by atoms with E-state index in [9.17, 15) is 14.7 Å². The molecule has 0 aliphatic heterocycles. The summed E-state index contributed by atoms with van der Waals surface area (Å²) < 4.78 is 7.47. The van der Waals surface area contributed by atoms with Gasteiger partial charge in [-0.15, -0.1) is 0 Å². The Kier molecular flexibility index (Phi) is 6.24. The van der Waals surface area contributed by atoms with E-state index in [-0.39, 0.29) is 17.2 Å². The molecule has 0 radical (unpaired) electrons. The zero-order valence-corrected chi connectivity index (χ0v) is 18.4. The van der Waals surface area contributed by atoms with Crippen molar-refractivity contribution in [1.82, 2.24) is 9.88 Å². The molecule has 3 aromatic rings. The average Bonchev–Trinajstić information content (AvgIpc) is 3.03. The quantitative estimate of drug-likeness (QED) is 0.542. The van der Waals surface area contributed by atoms with Crippen molar-refractivity contribution >= 4 is 22.7 Å². The van der Waals surface area contributed by atoms with E-state index in [0.29, 0.717) is 19.5 Å². The second kappa shape index (κ2) is 8.71. The predicted molar refractivity (Wildman–Crippen MR) is 120 cm³/mol. The molecule has 0 bridgehead atoms. The minimum atomic E-state index is -0.665. The van der Waals surface area contributed by atoms with Crippen LogP contribution in [-0.4, -0.2) is 35.1 Å². The summed E-state index contributed by atoms with van der Waals surface area (Å²) in [5, 5.41) is 14.1. The maximum atomic E-state index is 12.2. The Labute approximate surface area is 181 Å². The minimum Gasteiger partial charge on any atom is -0.507 e. The topological polar surface area (TPSA) is 107 Å². The van der Waals surface area contributed by atoms with Crippen LogP contribution in [0, 0.1) is 5.41 Å². The second-order valence-corrected chi connectivity index (χ2v) is 8.64. The van der Waals surface area contributed by atoms with Crippen molar-refractivity contribution in [3.8, 4) is 11.5 Å². The van der Waals surface area contributed by atoms with Gasteiger partial charge in [-0.3, -0.25) is 9.59 Å². The molecule has 3 rings (SSSR count). The summed E-state index contributed by atoms with van der Waals surface area (Å²) in [5.74, 6) is -0.0251. The molecule has 0 saturated carbocycles. The molecule has 164 valence electrons. The fourth-order valence-electron chi connectivity index (χ4n) is 3.46. The van der Waals surface area contributed by atoms with Crippen LogP contribution in [0.15, 0.2) is 42.6 Å². The van der Waals surface area contributed by atoms with E-state index in [0.717, 1.165) is 27.8 Å². The monoisotopic (exact) mass is 423 g/mol. The third kappa shape index (κ3) is 4.99. The van der Waals surface area contributed by atoms with E-state index in [2.05, 4.69) is 9.88 Å². The zero-order chi connectivity index (χ0) is 22.8. The van der Waals surface area contributed by atoms with Gasteiger partial charge in [-0.1, -0.05) is 26.8 Å². The predicted octanol–water partition coefficient (Wildman–Crippen LogP) is 3.21. The van der Waals surface area contributed by atoms with Crippen molar-refractivity contribution in [3.05, 3.63) is 59.3 Å². The number of fused-ring (bicyclic) bond motifs is 1. The highest BCUT2D eigenvalue weighted by atomic mass is 16.5. The molecule has 1 heterocycles. The number of hydrogen-bond acceptors (Lipinski definition) is 4. The Morgan fingerprint density at radius 2 is 1.90 bits per heavy atom. The van der Waals surface area contributed by atoms with Crippen LogP contribution in [0.3, 0.4) is 0 Å². The highest BCUT2D eigenvalue weighted by Gasteiger charge is 2.20. The normalized spacial score (nSPS) is 11.5. The number of ether oxygens (including phenoxy) is 1. The molecule has 7 nitrogen and oxygen atoms in total. The number of aromatic hydroxyl groups is 1. The van der Waals surface area contributed by atoms with Crippen molar-refractivity contribution in [2.45, 2.75) is 33.7 Å². The van der Waals surface area contributed by atoms with Crippen molar-refractivity contribution in [2.24, 2.45) is 11.1 Å². The Hall–Kier alpha value is -3.48. The first-order chi connectivity index (χ1) is 14.6. The third-order valence-electron chi connectivity index (χ3n) is 5.21. The summed E-state index contributed by atoms with van der Waals surface area (Å²) in [7, 11) is 1.63. The lowest BCUT2D eigenvalue weighted by atomic mass is 9.95. The van der Waals surface area contributed by atoms with Gasteiger partial charge < -0.3 is 25.5 Å². The lowest BCUT2D eigenvalue weighted by Gasteiger charge is -2.17. The summed E-state index contributed by atoms with van der Waals surface area (Å²) >= 11 is 0. The van der Waals surface area contributed by atoms with Gasteiger partial charge in [0.2, 0.25) is 5.91 Å². The van der Waals surface area contributed by atoms with Crippen LogP contribution in [0.2, 0.25) is 0 Å². The third-order valence-corrected chi connectivity index (χ3v) is 5.21. The van der Waals surface area contributed by atoms with Gasteiger partial charge in [0, 0.05) is 35.6 Å². The lowest BCUT2D eigenvalue weighted by molar-refractivity contribution is -0.128. The highest BCUT2D eigenvalue weighted by Crippen LogP contribution is 2.28. The molecule has 0 aliphatic carbocycles. The molecular weight excluding hydrogens is 394 g/mol. The highest BCUT2D eigenvalue weighted by molar-refractivity contribution is 5.95. The smallest absolute Gasteiger partial charge is 0.252 e. The zero-order valence-electron chi connectivity index (χ0n) is 18.4. The Morgan fingerprint density at radius 3 is 2.52 bits per heavy atom. The van der Waals surface area contributed by atoms with Crippen molar-refractivity contribution < 1.29 is 19.4 Å². The van der Waals surface area contributed by atoms with Gasteiger partial charge in [-0.25, -0.2) is 0 Å². The summed E-state index contributed by atoms with van der Waals surface area (Å²) in [6.45, 7) is 6.69. The number of methoxy groups -OCH3 is 1. The number of phenols is 1. The number of nitrogens with zero attached hydrogens (tertiary/aromatic N) is 1. The fraction of sp³-hybridized carbons (Fsp3) is 0.333. The van der Waals surface area contributed by atoms with E-state index in [1.165, 1.54) is 6.07 Å². The number of rotatable bonds is 7. The molecule has 4 N–H and O–H groups in total. The van der Waals surface area contributed by atoms with E-state index in [1.54, 1.807) is 19.2 Å². The van der Waals surface area contributed by atoms with Crippen molar-refractivity contribution in [1.29, 1.82) is 0 Å². The van der Waals surface area contributed by atoms with Crippen LogP contribution in [0.5, 0.6) is 11.5 Å². The number of amides is 2. The molecule has 1 aromatic heterocycles. The van der Waals surface area contributed by atoms with Crippen LogP contribution < -0.4 is 15.8 Å². The Bertz CT molecular complexity index is 1130. The molecule has 0 unspecified atom stereocenters. The van der Waals surface area contributed by atoms with Gasteiger partial charge in [-0.2, -0.15) is 0 Å². The van der Waals surface area contributed by atoms with Gasteiger partial charge in [-0.05, 0) is 47.9 Å². The van der Waals surface area contributed by atoms with Gasteiger partial charge in [0.1, 0.15) is 11.5 Å². The number of aromatic nitrogens is 1. The molecule has 31 heavy (non-hydrogen) atoms. The van der Waals surface area contributed by atoms with E-state index >= 15 is 0 Å². The molecule has 0 aliphatic rings. The minimum absolute atomic E-state index is 0.0128. The molecule has 2 aromatic carbocycles. The van der Waals surface area contributed by atoms with Crippen LogP contribution in [0.25, 0.3) is 10.9 Å². The first kappa shape index (κ1) is 22.2. The van der Waals surface area contributed by atoms with Crippen LogP contribution in [0.1, 0.15) is 42.3 Å². The number of primary amides is 1. The van der Waals surface area contributed by atoms with Gasteiger partial charge >= 0.3 is 0 Å². The molecule has 0 spiro atoms. The van der Waals surface area contributed by atoms with Gasteiger partial charge in [0.15, 0.2) is 0 Å². The number of benzene rings is 2. The number of nitrogens with two attached hydrogens (primary N) is 1.